The molecule has 0 radical (unpaired) electrons. The molecule has 0 amide bonds. The van der Waals surface area contributed by atoms with Crippen molar-refractivity contribution >= 4 is 44.9 Å². The Bertz CT molecular complexity index is 56.4. The molecule has 0 nitrogen and oxygen atoms in total. The summed E-state index contributed by atoms with van der Waals surface area (Å²) in [7, 11) is 3.51. The zero-order valence-corrected chi connectivity index (χ0v) is 5.81. The number of rotatable bonds is 0. The summed E-state index contributed by atoms with van der Waals surface area (Å²) >= 11 is 6.67. The van der Waals surface area contributed by atoms with Crippen LogP contribution in [0, 0.1) is 0 Å². The third-order valence-corrected chi connectivity index (χ3v) is 0. The number of halogens is 1. The van der Waals surface area contributed by atoms with Crippen molar-refractivity contribution in [3.63, 3.8) is 0 Å². The van der Waals surface area contributed by atoms with Crippen LogP contribution in [0.1, 0.15) is 0 Å². The summed E-state index contributed by atoms with van der Waals surface area (Å²) in [5.74, 6) is 0. The normalized spacial score (nSPS) is 10.5. The van der Waals surface area contributed by atoms with Crippen LogP contribution in [0.5, 0.6) is 0 Å². The summed E-state index contributed by atoms with van der Waals surface area (Å²) < 4.78 is -0.317. The van der Waals surface area contributed by atoms with Crippen LogP contribution >= 0.6 is 25.9 Å². The summed E-state index contributed by atoms with van der Waals surface area (Å²) in [6, 6.07) is 0. The second kappa shape index (κ2) is 2.55. The van der Waals surface area contributed by atoms with Crippen LogP contribution in [0.4, 0.5) is 0 Å². The molecule has 0 heterocycles. The van der Waals surface area contributed by atoms with Crippen molar-refractivity contribution in [1.29, 1.82) is 0 Å². The average Bonchev–Trinajstić information content (AvgIpc) is 0.811. The topological polar surface area (TPSA) is 0 Å². The fourth-order valence-corrected chi connectivity index (χ4v) is 0. The van der Waals surface area contributed by atoms with Crippen molar-refractivity contribution in [2.45, 2.75) is 0 Å². The van der Waals surface area contributed by atoms with Crippen LogP contribution in [0.25, 0.3) is 0 Å². The first-order valence-corrected chi connectivity index (χ1v) is 5.99. The molecule has 0 spiro atoms. The van der Waals surface area contributed by atoms with Gasteiger partial charge in [0.05, 0.1) is 0 Å². The van der Waals surface area contributed by atoms with Crippen molar-refractivity contribution in [3.8, 4) is 0 Å². The molecule has 0 aromatic rings. The Morgan fingerprint density at radius 2 is 2.00 bits per heavy atom. The minimum absolute atomic E-state index is 0.317. The first-order chi connectivity index (χ1) is 1.73. The summed E-state index contributed by atoms with van der Waals surface area (Å²) in [5.41, 5.74) is 0. The molecular weight excluding hydrogens is 201 g/mol. The number of hydrogen-bond acceptors (Lipinski definition) is 1. The van der Waals surface area contributed by atoms with Gasteiger partial charge in [-0.1, -0.05) is 0 Å². The molecule has 1 atom stereocenters. The average molecular weight is 202 g/mol. The van der Waals surface area contributed by atoms with Crippen molar-refractivity contribution in [3.05, 3.63) is 0 Å². The molecule has 4 heteroatoms. The Kier molecular flexibility index (Phi) is 3.38. The van der Waals surface area contributed by atoms with E-state index in [9.17, 15) is 0 Å². The summed E-state index contributed by atoms with van der Waals surface area (Å²) in [6.45, 7) is 0. The third-order valence-electron chi connectivity index (χ3n) is 0. The quantitative estimate of drug-likeness (QED) is 0.321. The van der Waals surface area contributed by atoms with Gasteiger partial charge in [-0.25, -0.2) is 0 Å². The van der Waals surface area contributed by atoms with Crippen molar-refractivity contribution in [2.75, 3.05) is 0 Å². The SMILES string of the molecule is B=P(=S)I. The Balaban J connectivity index is 3.51. The molecule has 0 N–H and O–H groups in total. The standard InChI is InChI=1S/BHIPS/c1-3(2)4/h1H. The summed E-state index contributed by atoms with van der Waals surface area (Å²) in [5, 5.41) is 0. The molecule has 0 rings (SSSR count). The predicted octanol–water partition coefficient (Wildman–Crippen LogP) is 1.10. The molecule has 0 aliphatic heterocycles. The fraction of sp³-hybridized carbons (Fsp3) is 0. The van der Waals surface area contributed by atoms with Crippen molar-refractivity contribution in [2.24, 2.45) is 0 Å². The Hall–Kier alpha value is 1.31. The predicted molar refractivity (Wildman–Crippen MR) is 35.5 cm³/mol. The van der Waals surface area contributed by atoms with Crippen LogP contribution in [-0.2, 0) is 11.8 Å². The van der Waals surface area contributed by atoms with E-state index in [-0.39, 0.29) is 3.83 Å². The van der Waals surface area contributed by atoms with Crippen LogP contribution in [0.15, 0.2) is 0 Å². The van der Waals surface area contributed by atoms with Crippen LogP contribution in [0.3, 0.4) is 0 Å². The van der Waals surface area contributed by atoms with Gasteiger partial charge in [-0.3, -0.25) is 0 Å². The minimum atomic E-state index is -0.317. The maximum atomic E-state index is 4.56. The molecule has 0 saturated heterocycles. The van der Waals surface area contributed by atoms with Gasteiger partial charge in [-0.2, -0.15) is 0 Å². The van der Waals surface area contributed by atoms with Crippen LogP contribution in [0.2, 0.25) is 0 Å². The monoisotopic (exact) mass is 202 g/mol. The van der Waals surface area contributed by atoms with E-state index < -0.39 is 0 Å². The van der Waals surface area contributed by atoms with Gasteiger partial charge in [-0.15, -0.1) is 0 Å². The Morgan fingerprint density at radius 3 is 2.00 bits per heavy atom. The van der Waals surface area contributed by atoms with E-state index in [2.05, 4.69) is 41.0 Å². The molecule has 4 heavy (non-hydrogen) atoms. The fourth-order valence-electron chi connectivity index (χ4n) is 0. The van der Waals surface area contributed by atoms with Crippen LogP contribution < -0.4 is 0 Å². The zero-order valence-electron chi connectivity index (χ0n) is 1.94. The Labute approximate surface area is 44.9 Å². The second-order valence-electron chi connectivity index (χ2n) is 0.318. The van der Waals surface area contributed by atoms with Crippen LogP contribution in [-0.4, -0.2) is 7.18 Å². The second-order valence-corrected chi connectivity index (χ2v) is 7.73. The molecule has 0 saturated carbocycles. The van der Waals surface area contributed by atoms with E-state index in [1.165, 1.54) is 0 Å². The van der Waals surface area contributed by atoms with E-state index in [0.29, 0.717) is 0 Å². The molecule has 0 aliphatic carbocycles. The molecule has 22 valence electrons. The maximum absolute atomic E-state index is 4.56. The van der Waals surface area contributed by atoms with Gasteiger partial charge in [0.15, 0.2) is 0 Å². The van der Waals surface area contributed by atoms with Gasteiger partial charge in [-0.05, 0) is 0 Å². The number of hydrogen-bond donors (Lipinski definition) is 0. The summed E-state index contributed by atoms with van der Waals surface area (Å²) in [6.07, 6.45) is 0. The molecule has 0 aliphatic rings. The van der Waals surface area contributed by atoms with Gasteiger partial charge in [0.1, 0.15) is 0 Å². The Morgan fingerprint density at radius 1 is 2.00 bits per heavy atom. The van der Waals surface area contributed by atoms with E-state index in [0.717, 1.165) is 0 Å². The van der Waals surface area contributed by atoms with Gasteiger partial charge in [0.25, 0.3) is 0 Å². The molecule has 1 unspecified atom stereocenters. The van der Waals surface area contributed by atoms with E-state index in [1.807, 2.05) is 0 Å². The van der Waals surface area contributed by atoms with Crippen molar-refractivity contribution < 1.29 is 0 Å². The molecule has 0 aromatic carbocycles. The third kappa shape index (κ3) is 10.3. The first-order valence-electron chi connectivity index (χ1n) is 0.668. The molecule has 0 aromatic heterocycles. The van der Waals surface area contributed by atoms with E-state index >= 15 is 0 Å². The van der Waals surface area contributed by atoms with Gasteiger partial charge >= 0.3 is 44.9 Å². The van der Waals surface area contributed by atoms with Crippen molar-refractivity contribution in [1.82, 2.24) is 0 Å². The van der Waals surface area contributed by atoms with Gasteiger partial charge < -0.3 is 0 Å². The molecule has 0 bridgehead atoms. The summed E-state index contributed by atoms with van der Waals surface area (Å²) in [4.78, 5) is 0. The molecule has 0 fully saturated rings. The van der Waals surface area contributed by atoms with Gasteiger partial charge in [0, 0.05) is 0 Å². The van der Waals surface area contributed by atoms with Gasteiger partial charge in [0.2, 0.25) is 0 Å². The zero-order chi connectivity index (χ0) is 3.58. The van der Waals surface area contributed by atoms with E-state index in [4.69, 9.17) is 0 Å². The van der Waals surface area contributed by atoms with E-state index in [1.54, 1.807) is 0 Å². The first kappa shape index (κ1) is 5.31. The molecular formula is HBIPS.